The van der Waals surface area contributed by atoms with Gasteiger partial charge in [-0.15, -0.1) is 0 Å². The number of fused-ring (bicyclic) bond motifs is 8. The molecule has 36 heteroatoms. The maximum absolute atomic E-state index is 14.6. The lowest BCUT2D eigenvalue weighted by molar-refractivity contribution is -0.137. The number of aryl methyl sites for hydroxylation is 1. The number of para-hydroxylation sites is 1. The number of amides is 1. The Balaban J connectivity index is 0.000000125. The molecule has 3 aliphatic heterocycles. The van der Waals surface area contributed by atoms with Crippen LogP contribution in [0.15, 0.2) is 240 Å². The molecule has 4 N–H and O–H groups in total. The summed E-state index contributed by atoms with van der Waals surface area (Å²) >= 11 is 0. The molecule has 1 amide bonds. The van der Waals surface area contributed by atoms with E-state index < -0.39 is 43.9 Å². The number of methoxy groups -OCH3 is 2. The van der Waals surface area contributed by atoms with Crippen LogP contribution >= 0.6 is 0 Å². The monoisotopic (exact) mass is 1880 g/mol. The van der Waals surface area contributed by atoms with Crippen molar-refractivity contribution in [2.75, 3.05) is 91.9 Å². The van der Waals surface area contributed by atoms with Gasteiger partial charge in [-0.05, 0) is 203 Å². The molecule has 138 heavy (non-hydrogen) atoms. The lowest BCUT2D eigenvalue weighted by Crippen LogP contribution is -2.49. The summed E-state index contributed by atoms with van der Waals surface area (Å²) in [5.41, 5.74) is 19.4. The highest BCUT2D eigenvalue weighted by Gasteiger charge is 2.38. The van der Waals surface area contributed by atoms with Crippen molar-refractivity contribution in [1.82, 2.24) is 79.3 Å². The summed E-state index contributed by atoms with van der Waals surface area (Å²) in [5, 5.41) is 27.0. The van der Waals surface area contributed by atoms with Crippen LogP contribution in [-0.4, -0.2) is 178 Å². The van der Waals surface area contributed by atoms with Gasteiger partial charge in [0.25, 0.3) is 15.6 Å². The Bertz CT molecular complexity index is 7860. The number of alkyl halides is 3. The van der Waals surface area contributed by atoms with Crippen molar-refractivity contribution in [3.05, 3.63) is 265 Å². The number of ether oxygens (including phenoxy) is 3. The molecule has 3 aliphatic rings. The number of nitrogens with one attached hydrogen (secondary N) is 1. The quantitative estimate of drug-likeness (QED) is 0.0563. The number of oxazole rings is 1. The number of aromatic nitrogens is 15. The molecule has 14 heterocycles. The molecule has 3 fully saturated rings. The van der Waals surface area contributed by atoms with Crippen molar-refractivity contribution < 1.29 is 58.9 Å². The number of morpholine rings is 1. The van der Waals surface area contributed by atoms with E-state index in [-0.39, 0.29) is 60.6 Å². The van der Waals surface area contributed by atoms with Gasteiger partial charge in [-0.25, -0.2) is 46.8 Å². The van der Waals surface area contributed by atoms with E-state index in [1.54, 1.807) is 67.0 Å². The molecule has 0 aliphatic carbocycles. The molecule has 0 bridgehead atoms. The zero-order valence-electron chi connectivity index (χ0n) is 76.4. The molecule has 702 valence electrons. The number of piperidine rings is 1. The number of aliphatic hydroxyl groups is 1. The van der Waals surface area contributed by atoms with Gasteiger partial charge in [0, 0.05) is 162 Å². The number of pyridine rings is 6. The van der Waals surface area contributed by atoms with E-state index in [0.29, 0.717) is 95.3 Å². The van der Waals surface area contributed by atoms with Crippen LogP contribution in [0, 0.1) is 18.6 Å². The number of piperazine rings is 1. The lowest BCUT2D eigenvalue weighted by Gasteiger charge is -2.37. The summed E-state index contributed by atoms with van der Waals surface area (Å²) in [4.78, 5) is 78.5. The molecule has 0 saturated carbocycles. The highest BCUT2D eigenvalue weighted by atomic mass is 32.2. The van der Waals surface area contributed by atoms with Gasteiger partial charge >= 0.3 is 6.18 Å². The van der Waals surface area contributed by atoms with Crippen LogP contribution in [-0.2, 0) is 32.3 Å². The van der Waals surface area contributed by atoms with Crippen LogP contribution in [0.1, 0.15) is 83.4 Å². The van der Waals surface area contributed by atoms with Gasteiger partial charge in [0.15, 0.2) is 22.8 Å². The van der Waals surface area contributed by atoms with E-state index in [2.05, 4.69) is 93.4 Å². The summed E-state index contributed by atoms with van der Waals surface area (Å²) in [7, 11) is -1.47. The van der Waals surface area contributed by atoms with Gasteiger partial charge in [0.2, 0.25) is 17.7 Å². The van der Waals surface area contributed by atoms with Crippen molar-refractivity contribution in [3.8, 4) is 73.2 Å². The standard InChI is InChI=1S/C35H28F3N5O2.C26H33N5O3.C25H17F2N5O3S.C16H16N6O/c1-2-32(44)42-15-13-41(14-16-42)31-11-9-26(19-28(31)35(36,37)38)43-33(45)12-8-24-20-40-30-10-7-22(18-27(30)34(24)43)25-17-23-5-3-4-6-29(23)39-21-25;1-17-6-4-5-11-31(17)26-28-24-21(25(29-26)30-12-13-34-16-18(30)2)8-9-22(27-24)19-7-10-23(33-3)20(14-19)15-32;1-35-25-23(32-36(33,34)24-5-3-18(26)12-21(24)27)11-17(13-29-25)15-2-4-22-20(10-15)19(7-8-28-22)16-6-9-30-31-14-16;1-8(2)22-16-13(15(17)18-7-19-16)14(21-22)10-4-5-12-11(6-10)20-9(3)23-12/h3-12,17-21H,2,13-16H2,1H3;7-10,14,17-18,32H,4-6,11-13,15-16H2,1-3H3;2-14,32H,1H3;4-8H,1-3H3,(H2,17,18,19)/t;17-,18-;;/m.0../s1. The third kappa shape index (κ3) is 19.1. The molecular weight excluding hydrogens is 1790 g/mol. The first-order chi connectivity index (χ1) is 66.7. The number of carbonyl (C=O) groups is 1. The third-order valence-electron chi connectivity index (χ3n) is 24.7. The number of halogens is 5. The number of rotatable bonds is 17. The van der Waals surface area contributed by atoms with Gasteiger partial charge in [0.05, 0.1) is 102 Å². The lowest BCUT2D eigenvalue weighted by atomic mass is 9.99. The Morgan fingerprint density at radius 1 is 0.645 bits per heavy atom. The van der Waals surface area contributed by atoms with Crippen molar-refractivity contribution in [2.45, 2.75) is 103 Å². The Kier molecular flexibility index (Phi) is 26.4. The number of hydrogen-bond donors (Lipinski definition) is 3. The maximum Gasteiger partial charge on any atom is 0.418 e. The van der Waals surface area contributed by atoms with Crippen LogP contribution in [0.3, 0.4) is 0 Å². The fourth-order valence-electron chi connectivity index (χ4n) is 17.7. The van der Waals surface area contributed by atoms with Gasteiger partial charge in [-0.3, -0.25) is 33.8 Å². The number of nitrogen functional groups attached to an aromatic ring is 1. The number of sulfonamides is 1. The zero-order valence-corrected chi connectivity index (χ0v) is 77.2. The number of aliphatic hydroxyl groups excluding tert-OH is 1. The smallest absolute Gasteiger partial charge is 0.418 e. The molecule has 0 spiro atoms. The maximum atomic E-state index is 14.6. The molecule has 3 saturated heterocycles. The second kappa shape index (κ2) is 39.3. The predicted octanol–water partition coefficient (Wildman–Crippen LogP) is 18.6. The SMILES string of the molecule is CCC(=O)N1CCN(c2ccc(-n3c(=O)ccc4cnc5ccc(-c6cnc7ccccc7c6)cc5c43)cc2C(F)(F)F)CC1.COc1ccc(-c2ccc3c(N4CCOC[C@@H]4C)nc(N4CCCC[C@@H]4C)nc3n2)cc1CO.COc1ncc(-c2ccc3nccc(-c4ccnnc4)c3c2)cc1NS(=O)(=O)c1ccc(F)cc1F.Cc1nc2cc(-c3nn(C(C)C)c4ncnc(N)c34)ccc2o1. The van der Waals surface area contributed by atoms with Crippen LogP contribution in [0.25, 0.3) is 138 Å². The van der Waals surface area contributed by atoms with E-state index in [9.17, 15) is 45.1 Å². The number of nitrogens with two attached hydrogens (primary N) is 1. The van der Waals surface area contributed by atoms with E-state index >= 15 is 0 Å². The first kappa shape index (κ1) is 92.7. The molecule has 2 atom stereocenters. The predicted molar refractivity (Wildman–Crippen MR) is 521 cm³/mol. The van der Waals surface area contributed by atoms with E-state index in [0.717, 1.165) is 161 Å². The summed E-state index contributed by atoms with van der Waals surface area (Å²) in [6.07, 6.45) is 10.6. The first-order valence-electron chi connectivity index (χ1n) is 44.9. The highest BCUT2D eigenvalue weighted by Crippen LogP contribution is 2.43. The normalized spacial score (nSPS) is 14.7. The Hall–Kier alpha value is -15.7. The minimum absolute atomic E-state index is 0.0106. The molecule has 18 aromatic rings. The molecule has 30 nitrogen and oxygen atoms in total. The number of nitrogens with zero attached hydrogens (tertiary/aromatic N) is 19. The zero-order chi connectivity index (χ0) is 96.4. The number of carbonyl (C=O) groups excluding carboxylic acids is 1. The van der Waals surface area contributed by atoms with Crippen molar-refractivity contribution in [3.63, 3.8) is 0 Å². The summed E-state index contributed by atoms with van der Waals surface area (Å²) in [5.74, 6) is 1.27. The molecule has 21 rings (SSSR count). The largest absolute Gasteiger partial charge is 0.496 e. The van der Waals surface area contributed by atoms with Crippen LogP contribution in [0.5, 0.6) is 11.6 Å². The second-order valence-electron chi connectivity index (χ2n) is 33.8. The minimum Gasteiger partial charge on any atom is -0.496 e. The van der Waals surface area contributed by atoms with Crippen LogP contribution < -0.4 is 40.2 Å². The van der Waals surface area contributed by atoms with E-state index in [1.165, 1.54) is 48.8 Å². The summed E-state index contributed by atoms with van der Waals surface area (Å²) < 4.78 is 124. The topological polar surface area (TPSA) is 358 Å². The first-order valence-corrected chi connectivity index (χ1v) is 46.3. The van der Waals surface area contributed by atoms with Crippen molar-refractivity contribution in [2.24, 2.45) is 0 Å². The molecular formula is C102H94F5N21O9S. The van der Waals surface area contributed by atoms with Gasteiger partial charge < -0.3 is 49.1 Å². The molecule has 0 unspecified atom stereocenters. The average Bonchev–Trinajstić information content (AvgIpc) is 1.08. The number of anilines is 5. The Morgan fingerprint density at radius 2 is 1.41 bits per heavy atom. The van der Waals surface area contributed by atoms with E-state index in [1.807, 2.05) is 133 Å². The number of hydrogen-bond acceptors (Lipinski definition) is 26. The van der Waals surface area contributed by atoms with Gasteiger partial charge in [-0.1, -0.05) is 37.3 Å². The van der Waals surface area contributed by atoms with Gasteiger partial charge in [0.1, 0.15) is 57.1 Å². The Morgan fingerprint density at radius 3 is 2.16 bits per heavy atom. The average molecular weight is 1890 g/mol. The fraction of sp³-hybridized carbons (Fsp3) is 0.245. The van der Waals surface area contributed by atoms with Crippen molar-refractivity contribution in [1.29, 1.82) is 0 Å². The minimum atomic E-state index is -4.67. The van der Waals surface area contributed by atoms with E-state index in [4.69, 9.17) is 44.4 Å². The second-order valence-corrected chi connectivity index (χ2v) is 35.5. The third-order valence-corrected chi connectivity index (χ3v) is 26.1. The molecule has 0 radical (unpaired) electrons. The summed E-state index contributed by atoms with van der Waals surface area (Å²) in [6, 6.07) is 51.9. The van der Waals surface area contributed by atoms with Crippen molar-refractivity contribution >= 4 is 122 Å². The summed E-state index contributed by atoms with van der Waals surface area (Å²) in [6.45, 7) is 16.4. The van der Waals surface area contributed by atoms with Crippen LogP contribution in [0.4, 0.5) is 50.9 Å². The fourth-order valence-corrected chi connectivity index (χ4v) is 18.8. The molecule has 7 aromatic carbocycles. The Labute approximate surface area is 788 Å². The molecule has 11 aromatic heterocycles. The number of benzene rings is 7. The van der Waals surface area contributed by atoms with Crippen LogP contribution in [0.2, 0.25) is 0 Å². The van der Waals surface area contributed by atoms with Gasteiger partial charge in [-0.2, -0.15) is 38.4 Å². The highest BCUT2D eigenvalue weighted by molar-refractivity contribution is 7.92.